The Labute approximate surface area is 128 Å². The van der Waals surface area contributed by atoms with Crippen LogP contribution in [0.5, 0.6) is 0 Å². The zero-order chi connectivity index (χ0) is 13.8. The first kappa shape index (κ1) is 13.7. The van der Waals surface area contributed by atoms with Crippen LogP contribution in [0.15, 0.2) is 47.3 Å². The SMILES string of the molecule is Clc1cccc2c1ccn2CCNCCc1ccsc1. The summed E-state index contributed by atoms with van der Waals surface area (Å²) in [6.07, 6.45) is 3.21. The summed E-state index contributed by atoms with van der Waals surface area (Å²) in [5.41, 5.74) is 2.62. The second kappa shape index (κ2) is 6.44. The van der Waals surface area contributed by atoms with Crippen LogP contribution in [0.2, 0.25) is 5.02 Å². The monoisotopic (exact) mass is 304 g/mol. The van der Waals surface area contributed by atoms with Crippen LogP contribution in [0.3, 0.4) is 0 Å². The van der Waals surface area contributed by atoms with Crippen molar-refractivity contribution >= 4 is 33.8 Å². The van der Waals surface area contributed by atoms with E-state index in [1.165, 1.54) is 11.1 Å². The van der Waals surface area contributed by atoms with Gasteiger partial charge < -0.3 is 9.88 Å². The molecule has 0 spiro atoms. The van der Waals surface area contributed by atoms with E-state index in [1.54, 1.807) is 11.3 Å². The standard InChI is InChI=1S/C16H17ClN2S/c17-15-2-1-3-16-14(15)5-9-19(16)10-8-18-7-4-13-6-11-20-12-13/h1-3,5-6,9,11-12,18H,4,7-8,10H2. The van der Waals surface area contributed by atoms with Crippen LogP contribution in [-0.4, -0.2) is 17.7 Å². The van der Waals surface area contributed by atoms with Gasteiger partial charge in [-0.25, -0.2) is 0 Å². The van der Waals surface area contributed by atoms with Crippen molar-refractivity contribution in [1.82, 2.24) is 9.88 Å². The number of halogens is 1. The lowest BCUT2D eigenvalue weighted by atomic mass is 10.2. The quantitative estimate of drug-likeness (QED) is 0.676. The molecule has 2 nitrogen and oxygen atoms in total. The molecule has 0 amide bonds. The summed E-state index contributed by atoms with van der Waals surface area (Å²) < 4.78 is 2.25. The molecule has 0 aliphatic carbocycles. The molecule has 0 radical (unpaired) electrons. The summed E-state index contributed by atoms with van der Waals surface area (Å²) in [5, 5.41) is 9.79. The Kier molecular flexibility index (Phi) is 4.41. The molecule has 3 rings (SSSR count). The van der Waals surface area contributed by atoms with Gasteiger partial charge in [0.2, 0.25) is 0 Å². The number of hydrogen-bond acceptors (Lipinski definition) is 2. The van der Waals surface area contributed by atoms with Crippen molar-refractivity contribution < 1.29 is 0 Å². The molecule has 0 bridgehead atoms. The van der Waals surface area contributed by atoms with Crippen molar-refractivity contribution in [3.63, 3.8) is 0 Å². The average molecular weight is 305 g/mol. The van der Waals surface area contributed by atoms with E-state index in [1.807, 2.05) is 12.1 Å². The van der Waals surface area contributed by atoms with Crippen molar-refractivity contribution in [2.45, 2.75) is 13.0 Å². The molecule has 0 unspecified atom stereocenters. The number of benzene rings is 1. The van der Waals surface area contributed by atoms with Gasteiger partial charge in [0.1, 0.15) is 0 Å². The van der Waals surface area contributed by atoms with Crippen LogP contribution in [0.4, 0.5) is 0 Å². The van der Waals surface area contributed by atoms with Crippen LogP contribution in [0.25, 0.3) is 10.9 Å². The second-order valence-electron chi connectivity index (χ2n) is 4.81. The normalized spacial score (nSPS) is 11.2. The van der Waals surface area contributed by atoms with E-state index >= 15 is 0 Å². The van der Waals surface area contributed by atoms with Gasteiger partial charge >= 0.3 is 0 Å². The molecule has 0 fully saturated rings. The van der Waals surface area contributed by atoms with E-state index in [0.717, 1.165) is 36.5 Å². The number of nitrogens with zero attached hydrogens (tertiary/aromatic N) is 1. The molecule has 0 aliphatic heterocycles. The minimum absolute atomic E-state index is 0.826. The molecule has 2 aromatic heterocycles. The Hall–Kier alpha value is -1.29. The van der Waals surface area contributed by atoms with E-state index in [0.29, 0.717) is 0 Å². The third kappa shape index (κ3) is 3.06. The van der Waals surface area contributed by atoms with Gasteiger partial charge in [-0.05, 0) is 53.6 Å². The Morgan fingerprint density at radius 2 is 2.10 bits per heavy atom. The minimum Gasteiger partial charge on any atom is -0.346 e. The van der Waals surface area contributed by atoms with Gasteiger partial charge in [0.25, 0.3) is 0 Å². The summed E-state index contributed by atoms with van der Waals surface area (Å²) in [7, 11) is 0. The minimum atomic E-state index is 0.826. The first-order chi connectivity index (χ1) is 9.84. The second-order valence-corrected chi connectivity index (χ2v) is 6.00. The van der Waals surface area contributed by atoms with Gasteiger partial charge in [-0.2, -0.15) is 11.3 Å². The largest absolute Gasteiger partial charge is 0.346 e. The number of hydrogen-bond donors (Lipinski definition) is 1. The lowest BCUT2D eigenvalue weighted by Crippen LogP contribution is -2.22. The fourth-order valence-electron chi connectivity index (χ4n) is 2.37. The van der Waals surface area contributed by atoms with Crippen LogP contribution < -0.4 is 5.32 Å². The van der Waals surface area contributed by atoms with E-state index in [-0.39, 0.29) is 0 Å². The predicted octanol–water partition coefficient (Wildman–Crippen LogP) is 4.19. The van der Waals surface area contributed by atoms with Gasteiger partial charge in [-0.1, -0.05) is 17.7 Å². The highest BCUT2D eigenvalue weighted by molar-refractivity contribution is 7.07. The van der Waals surface area contributed by atoms with Gasteiger partial charge in [0.15, 0.2) is 0 Å². The van der Waals surface area contributed by atoms with Crippen molar-refractivity contribution in [1.29, 1.82) is 0 Å². The summed E-state index contributed by atoms with van der Waals surface area (Å²) in [6.45, 7) is 2.96. The Balaban J connectivity index is 1.51. The third-order valence-electron chi connectivity index (χ3n) is 3.46. The molecular weight excluding hydrogens is 288 g/mol. The maximum atomic E-state index is 6.18. The van der Waals surface area contributed by atoms with E-state index < -0.39 is 0 Å². The Bertz CT molecular complexity index is 673. The topological polar surface area (TPSA) is 17.0 Å². The summed E-state index contributed by atoms with van der Waals surface area (Å²) in [6, 6.07) is 10.3. The molecule has 20 heavy (non-hydrogen) atoms. The molecule has 0 saturated heterocycles. The number of fused-ring (bicyclic) bond motifs is 1. The van der Waals surface area contributed by atoms with Gasteiger partial charge in [0, 0.05) is 35.2 Å². The van der Waals surface area contributed by atoms with Crippen LogP contribution in [-0.2, 0) is 13.0 Å². The molecule has 4 heteroatoms. The molecular formula is C16H17ClN2S. The van der Waals surface area contributed by atoms with Gasteiger partial charge in [-0.15, -0.1) is 0 Å². The highest BCUT2D eigenvalue weighted by Crippen LogP contribution is 2.23. The molecule has 104 valence electrons. The maximum Gasteiger partial charge on any atom is 0.0499 e. The van der Waals surface area contributed by atoms with Crippen LogP contribution >= 0.6 is 22.9 Å². The van der Waals surface area contributed by atoms with Gasteiger partial charge in [0.05, 0.1) is 0 Å². The molecule has 2 heterocycles. The fourth-order valence-corrected chi connectivity index (χ4v) is 3.31. The molecule has 0 atom stereocenters. The Morgan fingerprint density at radius 1 is 1.15 bits per heavy atom. The number of rotatable bonds is 6. The zero-order valence-electron chi connectivity index (χ0n) is 11.2. The van der Waals surface area contributed by atoms with Crippen molar-refractivity contribution in [3.05, 3.63) is 57.9 Å². The lowest BCUT2D eigenvalue weighted by Gasteiger charge is -2.07. The van der Waals surface area contributed by atoms with Crippen molar-refractivity contribution in [2.75, 3.05) is 13.1 Å². The van der Waals surface area contributed by atoms with Gasteiger partial charge in [-0.3, -0.25) is 0 Å². The van der Waals surface area contributed by atoms with Crippen LogP contribution in [0.1, 0.15) is 5.56 Å². The fraction of sp³-hybridized carbons (Fsp3) is 0.250. The summed E-state index contributed by atoms with van der Waals surface area (Å²) in [4.78, 5) is 0. The Morgan fingerprint density at radius 3 is 2.95 bits per heavy atom. The molecule has 1 N–H and O–H groups in total. The molecule has 0 aliphatic rings. The molecule has 1 aromatic carbocycles. The first-order valence-electron chi connectivity index (χ1n) is 6.80. The van der Waals surface area contributed by atoms with Crippen molar-refractivity contribution in [3.8, 4) is 0 Å². The van der Waals surface area contributed by atoms with E-state index in [2.05, 4.69) is 45.0 Å². The van der Waals surface area contributed by atoms with E-state index in [9.17, 15) is 0 Å². The summed E-state index contributed by atoms with van der Waals surface area (Å²) in [5.74, 6) is 0. The van der Waals surface area contributed by atoms with E-state index in [4.69, 9.17) is 11.6 Å². The average Bonchev–Trinajstić information content (AvgIpc) is 3.09. The predicted molar refractivity (Wildman–Crippen MR) is 87.8 cm³/mol. The first-order valence-corrected chi connectivity index (χ1v) is 8.12. The highest BCUT2D eigenvalue weighted by Gasteiger charge is 2.03. The smallest absolute Gasteiger partial charge is 0.0499 e. The van der Waals surface area contributed by atoms with Crippen molar-refractivity contribution in [2.24, 2.45) is 0 Å². The lowest BCUT2D eigenvalue weighted by molar-refractivity contribution is 0.610. The maximum absolute atomic E-state index is 6.18. The highest BCUT2D eigenvalue weighted by atomic mass is 35.5. The summed E-state index contributed by atoms with van der Waals surface area (Å²) >= 11 is 7.94. The third-order valence-corrected chi connectivity index (χ3v) is 4.52. The zero-order valence-corrected chi connectivity index (χ0v) is 12.8. The number of aromatic nitrogens is 1. The number of thiophene rings is 1. The van der Waals surface area contributed by atoms with Crippen LogP contribution in [0, 0.1) is 0 Å². The molecule has 0 saturated carbocycles. The number of nitrogens with one attached hydrogen (secondary N) is 1. The molecule has 3 aromatic rings.